The molecule has 0 aliphatic carbocycles. The third-order valence-corrected chi connectivity index (χ3v) is 3.50. The highest BCUT2D eigenvalue weighted by Gasteiger charge is 2.22. The minimum absolute atomic E-state index is 0.185. The van der Waals surface area contributed by atoms with E-state index in [-0.39, 0.29) is 18.6 Å². The van der Waals surface area contributed by atoms with Crippen molar-refractivity contribution in [3.63, 3.8) is 0 Å². The summed E-state index contributed by atoms with van der Waals surface area (Å²) in [5.74, 6) is -0.860. The molecule has 0 bridgehead atoms. The molecule has 0 radical (unpaired) electrons. The van der Waals surface area contributed by atoms with Crippen LogP contribution in [0.3, 0.4) is 0 Å². The lowest BCUT2D eigenvalue weighted by Crippen LogP contribution is -2.27. The molecule has 0 saturated carbocycles. The summed E-state index contributed by atoms with van der Waals surface area (Å²) in [5.41, 5.74) is 0. The number of carbonyl (C=O) groups is 2. The SMILES string of the molecule is CCC(CC)CCC(CC)OC(=O)C(=O)OCC(C)C. The number of rotatable bonds is 9. The summed E-state index contributed by atoms with van der Waals surface area (Å²) < 4.78 is 10.1. The van der Waals surface area contributed by atoms with Gasteiger partial charge >= 0.3 is 11.9 Å². The normalized spacial score (nSPS) is 12.6. The van der Waals surface area contributed by atoms with E-state index in [0.29, 0.717) is 5.92 Å². The van der Waals surface area contributed by atoms with Gasteiger partial charge in [-0.05, 0) is 31.1 Å². The van der Waals surface area contributed by atoms with E-state index in [1.807, 2.05) is 20.8 Å². The lowest BCUT2D eigenvalue weighted by Gasteiger charge is -2.19. The molecule has 0 aromatic heterocycles. The Labute approximate surface area is 123 Å². The maximum atomic E-state index is 11.6. The fourth-order valence-corrected chi connectivity index (χ4v) is 1.97. The number of esters is 2. The molecular weight excluding hydrogens is 256 g/mol. The van der Waals surface area contributed by atoms with E-state index < -0.39 is 11.9 Å². The van der Waals surface area contributed by atoms with E-state index in [0.717, 1.165) is 32.1 Å². The molecule has 20 heavy (non-hydrogen) atoms. The van der Waals surface area contributed by atoms with Gasteiger partial charge in [0.15, 0.2) is 0 Å². The fourth-order valence-electron chi connectivity index (χ4n) is 1.97. The van der Waals surface area contributed by atoms with Crippen LogP contribution in [0.2, 0.25) is 0 Å². The zero-order chi connectivity index (χ0) is 15.5. The lowest BCUT2D eigenvalue weighted by molar-refractivity contribution is -0.172. The van der Waals surface area contributed by atoms with Gasteiger partial charge in [-0.1, -0.05) is 47.5 Å². The highest BCUT2D eigenvalue weighted by molar-refractivity contribution is 6.29. The highest BCUT2D eigenvalue weighted by Crippen LogP contribution is 2.18. The van der Waals surface area contributed by atoms with Crippen molar-refractivity contribution in [2.75, 3.05) is 6.61 Å². The average molecular weight is 286 g/mol. The van der Waals surface area contributed by atoms with Crippen LogP contribution in [0.4, 0.5) is 0 Å². The van der Waals surface area contributed by atoms with Crippen LogP contribution in [0.25, 0.3) is 0 Å². The predicted molar refractivity (Wildman–Crippen MR) is 79.3 cm³/mol. The van der Waals surface area contributed by atoms with Crippen LogP contribution in [0, 0.1) is 11.8 Å². The van der Waals surface area contributed by atoms with Crippen molar-refractivity contribution in [1.82, 2.24) is 0 Å². The Bertz CT molecular complexity index is 282. The van der Waals surface area contributed by atoms with E-state index in [9.17, 15) is 9.59 Å². The average Bonchev–Trinajstić information content (AvgIpc) is 2.43. The maximum Gasteiger partial charge on any atom is 0.417 e. The third kappa shape index (κ3) is 8.18. The summed E-state index contributed by atoms with van der Waals surface area (Å²) in [6, 6.07) is 0. The molecule has 0 aromatic rings. The topological polar surface area (TPSA) is 52.6 Å². The second-order valence-corrected chi connectivity index (χ2v) is 5.69. The largest absolute Gasteiger partial charge is 0.457 e. The van der Waals surface area contributed by atoms with Crippen molar-refractivity contribution >= 4 is 11.9 Å². The minimum Gasteiger partial charge on any atom is -0.457 e. The Kier molecular flexibility index (Phi) is 10.1. The molecule has 0 N–H and O–H groups in total. The Morgan fingerprint density at radius 1 is 0.900 bits per heavy atom. The summed E-state index contributed by atoms with van der Waals surface area (Å²) in [5, 5.41) is 0. The smallest absolute Gasteiger partial charge is 0.417 e. The number of hydrogen-bond donors (Lipinski definition) is 0. The first kappa shape index (κ1) is 18.9. The highest BCUT2D eigenvalue weighted by atomic mass is 16.6. The monoisotopic (exact) mass is 286 g/mol. The molecule has 0 fully saturated rings. The van der Waals surface area contributed by atoms with Gasteiger partial charge in [-0.2, -0.15) is 0 Å². The lowest BCUT2D eigenvalue weighted by atomic mass is 9.95. The van der Waals surface area contributed by atoms with E-state index in [2.05, 4.69) is 13.8 Å². The molecule has 4 nitrogen and oxygen atoms in total. The van der Waals surface area contributed by atoms with Crippen molar-refractivity contribution in [2.45, 2.75) is 72.8 Å². The second-order valence-electron chi connectivity index (χ2n) is 5.69. The number of hydrogen-bond acceptors (Lipinski definition) is 4. The molecule has 4 heteroatoms. The van der Waals surface area contributed by atoms with Gasteiger partial charge in [0.25, 0.3) is 0 Å². The Morgan fingerprint density at radius 3 is 1.95 bits per heavy atom. The molecule has 1 unspecified atom stereocenters. The first-order valence-electron chi connectivity index (χ1n) is 7.82. The van der Waals surface area contributed by atoms with Crippen molar-refractivity contribution < 1.29 is 19.1 Å². The van der Waals surface area contributed by atoms with E-state index in [4.69, 9.17) is 9.47 Å². The summed E-state index contributed by atoms with van der Waals surface area (Å²) in [4.78, 5) is 23.1. The molecule has 0 aromatic carbocycles. The van der Waals surface area contributed by atoms with Crippen LogP contribution in [-0.2, 0) is 19.1 Å². The molecule has 0 spiro atoms. The van der Waals surface area contributed by atoms with Crippen LogP contribution in [0.5, 0.6) is 0 Å². The van der Waals surface area contributed by atoms with Gasteiger partial charge in [-0.25, -0.2) is 9.59 Å². The zero-order valence-electron chi connectivity index (χ0n) is 13.6. The predicted octanol–water partition coefficient (Wildman–Crippen LogP) is 3.72. The molecule has 0 saturated heterocycles. The van der Waals surface area contributed by atoms with E-state index in [1.54, 1.807) is 0 Å². The molecular formula is C16H30O4. The van der Waals surface area contributed by atoms with Crippen molar-refractivity contribution in [2.24, 2.45) is 11.8 Å². The quantitative estimate of drug-likeness (QED) is 0.479. The molecule has 118 valence electrons. The second kappa shape index (κ2) is 10.7. The van der Waals surface area contributed by atoms with Gasteiger partial charge < -0.3 is 9.47 Å². The Morgan fingerprint density at radius 2 is 1.50 bits per heavy atom. The Hall–Kier alpha value is -1.06. The maximum absolute atomic E-state index is 11.6. The van der Waals surface area contributed by atoms with Gasteiger partial charge in [0.1, 0.15) is 6.10 Å². The van der Waals surface area contributed by atoms with E-state index in [1.165, 1.54) is 0 Å². The van der Waals surface area contributed by atoms with Crippen LogP contribution in [0.1, 0.15) is 66.7 Å². The summed E-state index contributed by atoms with van der Waals surface area (Å²) in [6.45, 7) is 10.4. The van der Waals surface area contributed by atoms with Gasteiger partial charge in [0, 0.05) is 0 Å². The Balaban J connectivity index is 4.14. The van der Waals surface area contributed by atoms with Crippen LogP contribution in [-0.4, -0.2) is 24.6 Å². The van der Waals surface area contributed by atoms with Crippen molar-refractivity contribution in [3.8, 4) is 0 Å². The molecule has 0 aliphatic heterocycles. The number of ether oxygens (including phenoxy) is 2. The molecule has 0 amide bonds. The summed E-state index contributed by atoms with van der Waals surface area (Å²) in [6.07, 6.45) is 4.65. The van der Waals surface area contributed by atoms with Crippen molar-refractivity contribution in [1.29, 1.82) is 0 Å². The van der Waals surface area contributed by atoms with Crippen molar-refractivity contribution in [3.05, 3.63) is 0 Å². The molecule has 0 rings (SSSR count). The fraction of sp³-hybridized carbons (Fsp3) is 0.875. The van der Waals surface area contributed by atoms with Gasteiger partial charge in [0.2, 0.25) is 0 Å². The third-order valence-electron chi connectivity index (χ3n) is 3.50. The first-order chi connectivity index (χ1) is 9.44. The van der Waals surface area contributed by atoms with Gasteiger partial charge in [-0.3, -0.25) is 0 Å². The summed E-state index contributed by atoms with van der Waals surface area (Å²) >= 11 is 0. The molecule has 0 heterocycles. The number of carbonyl (C=O) groups excluding carboxylic acids is 2. The zero-order valence-corrected chi connectivity index (χ0v) is 13.6. The molecule has 1 atom stereocenters. The summed E-state index contributed by atoms with van der Waals surface area (Å²) in [7, 11) is 0. The van der Waals surface area contributed by atoms with Crippen LogP contribution < -0.4 is 0 Å². The first-order valence-corrected chi connectivity index (χ1v) is 7.82. The van der Waals surface area contributed by atoms with Crippen LogP contribution >= 0.6 is 0 Å². The minimum atomic E-state index is -0.875. The van der Waals surface area contributed by atoms with E-state index >= 15 is 0 Å². The van der Waals surface area contributed by atoms with Crippen LogP contribution in [0.15, 0.2) is 0 Å². The van der Waals surface area contributed by atoms with Gasteiger partial charge in [0.05, 0.1) is 6.61 Å². The molecule has 0 aliphatic rings. The van der Waals surface area contributed by atoms with Gasteiger partial charge in [-0.15, -0.1) is 0 Å². The standard InChI is InChI=1S/C16H30O4/c1-6-13(7-2)9-10-14(8-3)20-16(18)15(17)19-11-12(4)5/h12-14H,6-11H2,1-5H3.